The highest BCUT2D eigenvalue weighted by Gasteiger charge is 2.11. The molecule has 1 rings (SSSR count). The maximum Gasteiger partial charge on any atom is 0.0609 e. The highest BCUT2D eigenvalue weighted by Crippen LogP contribution is 2.11. The van der Waals surface area contributed by atoms with Gasteiger partial charge in [-0.2, -0.15) is 0 Å². The van der Waals surface area contributed by atoms with E-state index in [1.807, 2.05) is 0 Å². The van der Waals surface area contributed by atoms with Crippen LogP contribution in [-0.2, 0) is 0 Å². The molecule has 82 valence electrons. The molecule has 1 fully saturated rings. The van der Waals surface area contributed by atoms with Crippen LogP contribution in [0.25, 0.3) is 0 Å². The first kappa shape index (κ1) is 12.0. The fourth-order valence-corrected chi connectivity index (χ4v) is 4.23. The lowest BCUT2D eigenvalue weighted by Crippen LogP contribution is -2.22. The van der Waals surface area contributed by atoms with Crippen molar-refractivity contribution in [2.75, 3.05) is 19.6 Å². The molecule has 1 heterocycles. The van der Waals surface area contributed by atoms with E-state index in [4.69, 9.17) is 0 Å². The number of hydrogen-bond acceptors (Lipinski definition) is 1. The van der Waals surface area contributed by atoms with E-state index in [0.29, 0.717) is 0 Å². The van der Waals surface area contributed by atoms with Gasteiger partial charge in [-0.15, -0.1) is 0 Å². The van der Waals surface area contributed by atoms with Crippen molar-refractivity contribution in [1.29, 1.82) is 0 Å². The first-order valence-corrected chi connectivity index (χ1v) is 8.45. The highest BCUT2D eigenvalue weighted by molar-refractivity contribution is 6.64. The lowest BCUT2D eigenvalue weighted by atomic mass is 10.3. The number of nitrogens with zero attached hydrogens (tertiary/aromatic N) is 1. The van der Waals surface area contributed by atoms with Gasteiger partial charge in [-0.25, -0.2) is 0 Å². The summed E-state index contributed by atoms with van der Waals surface area (Å²) in [5.41, 5.74) is 4.26. The van der Waals surface area contributed by atoms with Crippen molar-refractivity contribution in [2.24, 2.45) is 0 Å². The average Bonchev–Trinajstić information content (AvgIpc) is 2.66. The first-order chi connectivity index (χ1) is 6.76. The van der Waals surface area contributed by atoms with Crippen LogP contribution >= 0.6 is 0 Å². The van der Waals surface area contributed by atoms with Crippen LogP contribution in [0, 0.1) is 0 Å². The van der Waals surface area contributed by atoms with Crippen molar-refractivity contribution in [3.05, 3.63) is 11.3 Å². The largest absolute Gasteiger partial charge is 0.299 e. The molecule has 1 aliphatic rings. The van der Waals surface area contributed by atoms with E-state index in [0.717, 1.165) is 0 Å². The van der Waals surface area contributed by atoms with E-state index < -0.39 is 8.80 Å². The van der Waals surface area contributed by atoms with E-state index in [2.05, 4.69) is 31.4 Å². The minimum Gasteiger partial charge on any atom is -0.299 e. The Kier molecular flexibility index (Phi) is 5.49. The Morgan fingerprint density at radius 2 is 1.79 bits per heavy atom. The standard InChI is InChI=1S/C12H25NSi/c1-4-14(5-2)11-12(3)10-13-8-6-7-9-13/h11,14H,4-10H2,1-3H3. The predicted molar refractivity (Wildman–Crippen MR) is 67.5 cm³/mol. The summed E-state index contributed by atoms with van der Waals surface area (Å²) in [6, 6.07) is 2.85. The minimum absolute atomic E-state index is 0.499. The lowest BCUT2D eigenvalue weighted by Gasteiger charge is -2.16. The van der Waals surface area contributed by atoms with Gasteiger partial charge in [0.25, 0.3) is 0 Å². The van der Waals surface area contributed by atoms with Gasteiger partial charge in [0, 0.05) is 6.54 Å². The molecule has 0 atom stereocenters. The fraction of sp³-hybridized carbons (Fsp3) is 0.833. The van der Waals surface area contributed by atoms with Crippen molar-refractivity contribution >= 4 is 8.80 Å². The van der Waals surface area contributed by atoms with Gasteiger partial charge >= 0.3 is 0 Å². The van der Waals surface area contributed by atoms with Crippen LogP contribution in [0.5, 0.6) is 0 Å². The molecule has 1 aliphatic heterocycles. The summed E-state index contributed by atoms with van der Waals surface area (Å²) in [5, 5.41) is 0. The first-order valence-electron chi connectivity index (χ1n) is 6.15. The van der Waals surface area contributed by atoms with Crippen LogP contribution in [0.15, 0.2) is 11.3 Å². The number of rotatable bonds is 5. The van der Waals surface area contributed by atoms with Crippen molar-refractivity contribution in [2.45, 2.75) is 45.7 Å². The number of hydrogen-bond donors (Lipinski definition) is 0. The topological polar surface area (TPSA) is 3.24 Å². The van der Waals surface area contributed by atoms with Gasteiger partial charge in [0.15, 0.2) is 0 Å². The summed E-state index contributed by atoms with van der Waals surface area (Å²) in [6.07, 6.45) is 2.82. The zero-order chi connectivity index (χ0) is 10.4. The molecule has 0 radical (unpaired) electrons. The maximum atomic E-state index is 2.62. The smallest absolute Gasteiger partial charge is 0.0609 e. The molecule has 0 aromatic heterocycles. The van der Waals surface area contributed by atoms with Crippen LogP contribution in [0.3, 0.4) is 0 Å². The molecule has 1 nitrogen and oxygen atoms in total. The normalized spacial score (nSPS) is 19.6. The summed E-state index contributed by atoms with van der Waals surface area (Å²) in [6.45, 7) is 10.9. The van der Waals surface area contributed by atoms with Crippen LogP contribution in [0.2, 0.25) is 12.1 Å². The molecule has 2 heteroatoms. The number of likely N-dealkylation sites (tertiary alicyclic amines) is 1. The van der Waals surface area contributed by atoms with Gasteiger partial charge in [-0.05, 0) is 32.9 Å². The molecular formula is C12H25NSi. The monoisotopic (exact) mass is 211 g/mol. The maximum absolute atomic E-state index is 2.62. The van der Waals surface area contributed by atoms with Crippen molar-refractivity contribution in [3.63, 3.8) is 0 Å². The van der Waals surface area contributed by atoms with E-state index >= 15 is 0 Å². The van der Waals surface area contributed by atoms with E-state index in [1.165, 1.54) is 44.6 Å². The van der Waals surface area contributed by atoms with Gasteiger partial charge in [0.2, 0.25) is 0 Å². The second kappa shape index (κ2) is 6.41. The summed E-state index contributed by atoms with van der Waals surface area (Å²) in [4.78, 5) is 2.60. The second-order valence-electron chi connectivity index (χ2n) is 4.57. The Morgan fingerprint density at radius 3 is 2.29 bits per heavy atom. The fourth-order valence-electron chi connectivity index (χ4n) is 2.27. The van der Waals surface area contributed by atoms with Crippen LogP contribution in [0.4, 0.5) is 0 Å². The molecule has 1 saturated heterocycles. The third kappa shape index (κ3) is 3.97. The minimum atomic E-state index is -0.499. The van der Waals surface area contributed by atoms with Crippen LogP contribution in [0.1, 0.15) is 33.6 Å². The van der Waals surface area contributed by atoms with Crippen LogP contribution < -0.4 is 0 Å². The summed E-state index contributed by atoms with van der Waals surface area (Å²) in [7, 11) is -0.499. The SMILES string of the molecule is CC[SiH](C=C(C)CN1CCCC1)CC. The van der Waals surface area contributed by atoms with Gasteiger partial charge in [0.1, 0.15) is 0 Å². The van der Waals surface area contributed by atoms with Gasteiger partial charge in [-0.1, -0.05) is 37.2 Å². The lowest BCUT2D eigenvalue weighted by molar-refractivity contribution is 0.369. The molecule has 0 aliphatic carbocycles. The van der Waals surface area contributed by atoms with E-state index in [9.17, 15) is 0 Å². The zero-order valence-corrected chi connectivity index (χ0v) is 11.2. The molecule has 0 saturated carbocycles. The molecule has 0 aromatic carbocycles. The van der Waals surface area contributed by atoms with E-state index in [-0.39, 0.29) is 0 Å². The molecule has 0 aromatic rings. The Labute approximate surface area is 90.8 Å². The Hall–Kier alpha value is -0.0831. The summed E-state index contributed by atoms with van der Waals surface area (Å²) < 4.78 is 0. The predicted octanol–water partition coefficient (Wildman–Crippen LogP) is 2.83. The Balaban J connectivity index is 2.34. The molecule has 14 heavy (non-hydrogen) atoms. The zero-order valence-electron chi connectivity index (χ0n) is 10.1. The molecule has 0 spiro atoms. The quantitative estimate of drug-likeness (QED) is 0.632. The van der Waals surface area contributed by atoms with Crippen molar-refractivity contribution < 1.29 is 0 Å². The van der Waals surface area contributed by atoms with Gasteiger partial charge in [-0.3, -0.25) is 4.90 Å². The third-order valence-corrected chi connectivity index (χ3v) is 6.38. The van der Waals surface area contributed by atoms with Crippen LogP contribution in [-0.4, -0.2) is 33.3 Å². The highest BCUT2D eigenvalue weighted by atomic mass is 28.3. The Morgan fingerprint density at radius 1 is 1.21 bits per heavy atom. The Bertz CT molecular complexity index is 179. The molecule has 0 unspecified atom stereocenters. The molecule has 0 amide bonds. The molecule has 0 N–H and O–H groups in total. The third-order valence-electron chi connectivity index (χ3n) is 3.24. The van der Waals surface area contributed by atoms with Gasteiger partial charge < -0.3 is 0 Å². The van der Waals surface area contributed by atoms with E-state index in [1.54, 1.807) is 5.57 Å². The van der Waals surface area contributed by atoms with Crippen molar-refractivity contribution in [3.8, 4) is 0 Å². The molecule has 0 bridgehead atoms. The van der Waals surface area contributed by atoms with Gasteiger partial charge in [0.05, 0.1) is 8.80 Å². The summed E-state index contributed by atoms with van der Waals surface area (Å²) >= 11 is 0. The second-order valence-corrected chi connectivity index (χ2v) is 8.06. The summed E-state index contributed by atoms with van der Waals surface area (Å²) in [5.74, 6) is 0. The van der Waals surface area contributed by atoms with Crippen molar-refractivity contribution in [1.82, 2.24) is 4.90 Å². The molecular weight excluding hydrogens is 186 g/mol. The average molecular weight is 211 g/mol.